The van der Waals surface area contributed by atoms with E-state index in [1.54, 1.807) is 6.92 Å². The Balaban J connectivity index is 3.08. The van der Waals surface area contributed by atoms with E-state index in [0.29, 0.717) is 13.0 Å². The number of rotatable bonds is 6. The number of halogens is 4. The third kappa shape index (κ3) is 5.42. The molecule has 0 aliphatic rings. The number of benzene rings is 1. The third-order valence-corrected chi connectivity index (χ3v) is 3.47. The summed E-state index contributed by atoms with van der Waals surface area (Å²) in [5.74, 6) is 0. The Hall–Kier alpha value is -0.590. The molecule has 114 valence electrons. The van der Waals surface area contributed by atoms with Gasteiger partial charge in [0.1, 0.15) is 0 Å². The first-order valence-corrected chi connectivity index (χ1v) is 7.35. The van der Waals surface area contributed by atoms with Crippen LogP contribution in [0.3, 0.4) is 0 Å². The van der Waals surface area contributed by atoms with Crippen LogP contribution < -0.4 is 5.73 Å². The molecule has 0 saturated carbocycles. The van der Waals surface area contributed by atoms with Gasteiger partial charge < -0.3 is 5.73 Å². The summed E-state index contributed by atoms with van der Waals surface area (Å²) in [5, 5.41) is 0. The largest absolute Gasteiger partial charge is 0.401 e. The molecular weight excluding hydrogens is 333 g/mol. The normalized spacial score (nSPS) is 15.4. The minimum atomic E-state index is -4.23. The predicted molar refractivity (Wildman–Crippen MR) is 78.5 cm³/mol. The van der Waals surface area contributed by atoms with E-state index in [4.69, 9.17) is 5.73 Å². The second kappa shape index (κ2) is 7.43. The fourth-order valence-electron chi connectivity index (χ4n) is 2.37. The zero-order valence-electron chi connectivity index (χ0n) is 11.6. The highest BCUT2D eigenvalue weighted by Crippen LogP contribution is 2.29. The van der Waals surface area contributed by atoms with Gasteiger partial charge in [-0.05, 0) is 37.6 Å². The Bertz CT molecular complexity index is 421. The van der Waals surface area contributed by atoms with Crippen LogP contribution in [0.25, 0.3) is 0 Å². The number of hydrogen-bond donors (Lipinski definition) is 1. The van der Waals surface area contributed by atoms with Gasteiger partial charge in [-0.2, -0.15) is 13.2 Å². The van der Waals surface area contributed by atoms with E-state index in [1.165, 1.54) is 4.90 Å². The summed E-state index contributed by atoms with van der Waals surface area (Å²) in [6.45, 7) is 3.02. The summed E-state index contributed by atoms with van der Waals surface area (Å²) in [6, 6.07) is 6.46. The zero-order chi connectivity index (χ0) is 15.3. The summed E-state index contributed by atoms with van der Waals surface area (Å²) in [4.78, 5) is 1.41. The molecule has 1 rings (SSSR count). The first kappa shape index (κ1) is 17.5. The highest BCUT2D eigenvalue weighted by Gasteiger charge is 2.35. The smallest absolute Gasteiger partial charge is 0.326 e. The van der Waals surface area contributed by atoms with Gasteiger partial charge in [0, 0.05) is 16.6 Å². The molecule has 2 N–H and O–H groups in total. The van der Waals surface area contributed by atoms with Crippen LogP contribution in [0, 0.1) is 0 Å². The minimum absolute atomic E-state index is 0.359. The summed E-state index contributed by atoms with van der Waals surface area (Å²) in [5.41, 5.74) is 6.74. The Morgan fingerprint density at radius 1 is 1.35 bits per heavy atom. The van der Waals surface area contributed by atoms with Crippen LogP contribution in [-0.2, 0) is 0 Å². The van der Waals surface area contributed by atoms with Gasteiger partial charge in [-0.25, -0.2) is 0 Å². The fraction of sp³-hybridized carbons (Fsp3) is 0.571. The maximum Gasteiger partial charge on any atom is 0.401 e. The van der Waals surface area contributed by atoms with Crippen molar-refractivity contribution in [2.45, 2.75) is 38.5 Å². The third-order valence-electron chi connectivity index (χ3n) is 2.97. The molecule has 1 aromatic carbocycles. The SMILES string of the molecule is CCCN(CC(F)(F)F)C(c1cccc(Br)c1)C(C)N. The van der Waals surface area contributed by atoms with E-state index in [-0.39, 0.29) is 0 Å². The highest BCUT2D eigenvalue weighted by molar-refractivity contribution is 9.10. The van der Waals surface area contributed by atoms with Crippen molar-refractivity contribution < 1.29 is 13.2 Å². The highest BCUT2D eigenvalue weighted by atomic mass is 79.9. The molecule has 0 saturated heterocycles. The van der Waals surface area contributed by atoms with E-state index >= 15 is 0 Å². The average molecular weight is 353 g/mol. The molecule has 0 aromatic heterocycles. The van der Waals surface area contributed by atoms with Crippen molar-refractivity contribution in [3.8, 4) is 0 Å². The summed E-state index contributed by atoms with van der Waals surface area (Å²) < 4.78 is 39.1. The Labute approximate surface area is 126 Å². The predicted octanol–water partition coefficient (Wildman–Crippen LogP) is 4.11. The molecule has 2 unspecified atom stereocenters. The van der Waals surface area contributed by atoms with Crippen molar-refractivity contribution in [2.24, 2.45) is 5.73 Å². The fourth-order valence-corrected chi connectivity index (χ4v) is 2.79. The van der Waals surface area contributed by atoms with Gasteiger partial charge in [0.2, 0.25) is 0 Å². The first-order valence-electron chi connectivity index (χ1n) is 6.56. The van der Waals surface area contributed by atoms with Crippen LogP contribution in [0.4, 0.5) is 13.2 Å². The first-order chi connectivity index (χ1) is 9.24. The van der Waals surface area contributed by atoms with Gasteiger partial charge in [-0.15, -0.1) is 0 Å². The van der Waals surface area contributed by atoms with E-state index in [0.717, 1.165) is 10.0 Å². The lowest BCUT2D eigenvalue weighted by atomic mass is 9.99. The molecule has 0 fully saturated rings. The molecule has 0 spiro atoms. The van der Waals surface area contributed by atoms with Crippen molar-refractivity contribution in [1.82, 2.24) is 4.90 Å². The summed E-state index contributed by atoms with van der Waals surface area (Å²) >= 11 is 3.35. The van der Waals surface area contributed by atoms with Crippen LogP contribution in [0.5, 0.6) is 0 Å². The second-order valence-electron chi connectivity index (χ2n) is 4.94. The number of nitrogens with two attached hydrogens (primary N) is 1. The number of hydrogen-bond acceptors (Lipinski definition) is 2. The number of nitrogens with zero attached hydrogens (tertiary/aromatic N) is 1. The molecule has 0 aliphatic heterocycles. The molecule has 2 atom stereocenters. The molecule has 0 aliphatic carbocycles. The van der Waals surface area contributed by atoms with Crippen molar-refractivity contribution >= 4 is 15.9 Å². The van der Waals surface area contributed by atoms with Gasteiger partial charge >= 0.3 is 6.18 Å². The standard InChI is InChI=1S/C14H20BrF3N2/c1-3-7-20(9-14(16,17)18)13(10(2)19)11-5-4-6-12(15)8-11/h4-6,8,10,13H,3,7,9,19H2,1-2H3. The second-order valence-corrected chi connectivity index (χ2v) is 5.86. The molecule has 6 heteroatoms. The van der Waals surface area contributed by atoms with E-state index in [9.17, 15) is 13.2 Å². The average Bonchev–Trinajstić information content (AvgIpc) is 2.26. The molecule has 20 heavy (non-hydrogen) atoms. The molecule has 0 amide bonds. The van der Waals surface area contributed by atoms with Gasteiger partial charge in [-0.1, -0.05) is 35.0 Å². The van der Waals surface area contributed by atoms with E-state index in [1.807, 2.05) is 31.2 Å². The van der Waals surface area contributed by atoms with E-state index < -0.39 is 24.8 Å². The zero-order valence-corrected chi connectivity index (χ0v) is 13.2. The minimum Gasteiger partial charge on any atom is -0.326 e. The molecule has 2 nitrogen and oxygen atoms in total. The topological polar surface area (TPSA) is 29.3 Å². The van der Waals surface area contributed by atoms with Gasteiger partial charge in [-0.3, -0.25) is 4.90 Å². The summed E-state index contributed by atoms with van der Waals surface area (Å²) in [6.07, 6.45) is -3.58. The Kier molecular flexibility index (Phi) is 6.48. The maximum atomic E-state index is 12.8. The quantitative estimate of drug-likeness (QED) is 0.834. The lowest BCUT2D eigenvalue weighted by molar-refractivity contribution is -0.152. The molecule has 1 aromatic rings. The summed E-state index contributed by atoms with van der Waals surface area (Å²) in [7, 11) is 0. The lowest BCUT2D eigenvalue weighted by Gasteiger charge is -2.35. The Morgan fingerprint density at radius 3 is 2.45 bits per heavy atom. The van der Waals surface area contributed by atoms with E-state index in [2.05, 4.69) is 15.9 Å². The number of alkyl halides is 3. The van der Waals surface area contributed by atoms with Crippen molar-refractivity contribution in [3.05, 3.63) is 34.3 Å². The Morgan fingerprint density at radius 2 is 2.00 bits per heavy atom. The van der Waals surface area contributed by atoms with Gasteiger partial charge in [0.15, 0.2) is 0 Å². The van der Waals surface area contributed by atoms with Crippen LogP contribution >= 0.6 is 15.9 Å². The molecule has 0 heterocycles. The van der Waals surface area contributed by atoms with Crippen molar-refractivity contribution in [1.29, 1.82) is 0 Å². The molecular formula is C14H20BrF3N2. The monoisotopic (exact) mass is 352 g/mol. The van der Waals surface area contributed by atoms with Crippen LogP contribution in [0.15, 0.2) is 28.7 Å². The van der Waals surface area contributed by atoms with Gasteiger partial charge in [0.05, 0.1) is 6.54 Å². The van der Waals surface area contributed by atoms with Crippen LogP contribution in [-0.4, -0.2) is 30.2 Å². The maximum absolute atomic E-state index is 12.8. The van der Waals surface area contributed by atoms with Crippen LogP contribution in [0.1, 0.15) is 31.9 Å². The van der Waals surface area contributed by atoms with Crippen molar-refractivity contribution in [3.63, 3.8) is 0 Å². The lowest BCUT2D eigenvalue weighted by Crippen LogP contribution is -2.44. The van der Waals surface area contributed by atoms with Gasteiger partial charge in [0.25, 0.3) is 0 Å². The molecule has 0 radical (unpaired) electrons. The molecule has 0 bridgehead atoms. The van der Waals surface area contributed by atoms with Crippen molar-refractivity contribution in [2.75, 3.05) is 13.1 Å². The van der Waals surface area contributed by atoms with Crippen LogP contribution in [0.2, 0.25) is 0 Å².